The summed E-state index contributed by atoms with van der Waals surface area (Å²) < 4.78 is 10.8. The maximum Gasteiger partial charge on any atom is 0.311 e. The predicted molar refractivity (Wildman–Crippen MR) is 79.4 cm³/mol. The van der Waals surface area contributed by atoms with Crippen molar-refractivity contribution in [1.82, 2.24) is 0 Å². The van der Waals surface area contributed by atoms with Gasteiger partial charge in [-0.15, -0.1) is 0 Å². The van der Waals surface area contributed by atoms with E-state index in [1.165, 1.54) is 0 Å². The molecular weight excluding hydrogens is 268 g/mol. The van der Waals surface area contributed by atoms with Gasteiger partial charge in [0.1, 0.15) is 0 Å². The van der Waals surface area contributed by atoms with Crippen LogP contribution in [0.15, 0.2) is 18.2 Å². The maximum absolute atomic E-state index is 12.0. The third-order valence-corrected chi connectivity index (χ3v) is 4.03. The second kappa shape index (κ2) is 6.29. The molecule has 0 aromatic heterocycles. The summed E-state index contributed by atoms with van der Waals surface area (Å²) in [7, 11) is 0. The molecule has 4 heteroatoms. The lowest BCUT2D eigenvalue weighted by Crippen LogP contribution is -2.23. The van der Waals surface area contributed by atoms with Crippen LogP contribution in [0.5, 0.6) is 11.5 Å². The molecule has 1 aromatic rings. The first-order chi connectivity index (χ1) is 9.86. The summed E-state index contributed by atoms with van der Waals surface area (Å²) in [6.45, 7) is 8.01. The molecule has 0 amide bonds. The van der Waals surface area contributed by atoms with E-state index in [1.807, 2.05) is 19.9 Å². The Morgan fingerprint density at radius 2 is 1.48 bits per heavy atom. The summed E-state index contributed by atoms with van der Waals surface area (Å²) in [5, 5.41) is 0. The van der Waals surface area contributed by atoms with Crippen LogP contribution in [0.3, 0.4) is 0 Å². The Labute approximate surface area is 125 Å². The van der Waals surface area contributed by atoms with Gasteiger partial charge >= 0.3 is 11.9 Å². The molecule has 2 atom stereocenters. The van der Waals surface area contributed by atoms with Gasteiger partial charge in [0.15, 0.2) is 11.5 Å². The average Bonchev–Trinajstić information content (AvgIpc) is 2.39. The van der Waals surface area contributed by atoms with Crippen LogP contribution in [0.4, 0.5) is 0 Å². The highest BCUT2D eigenvalue weighted by atomic mass is 16.6. The molecule has 0 fully saturated rings. The van der Waals surface area contributed by atoms with E-state index in [-0.39, 0.29) is 23.8 Å². The molecule has 0 aliphatic carbocycles. The fourth-order valence-corrected chi connectivity index (χ4v) is 2.30. The second-order valence-corrected chi connectivity index (χ2v) is 6.17. The minimum absolute atomic E-state index is 0.0832. The van der Waals surface area contributed by atoms with Gasteiger partial charge in [0.05, 0.1) is 0 Å². The van der Waals surface area contributed by atoms with Gasteiger partial charge in [-0.3, -0.25) is 9.59 Å². The molecule has 1 aliphatic rings. The van der Waals surface area contributed by atoms with E-state index in [2.05, 4.69) is 13.8 Å². The summed E-state index contributed by atoms with van der Waals surface area (Å²) in [6.07, 6.45) is 0.611. The van der Waals surface area contributed by atoms with E-state index >= 15 is 0 Å². The van der Waals surface area contributed by atoms with E-state index in [4.69, 9.17) is 9.47 Å². The summed E-state index contributed by atoms with van der Waals surface area (Å²) in [5.41, 5.74) is 1.04. The molecule has 2 unspecified atom stereocenters. The Hall–Kier alpha value is -1.84. The summed E-state index contributed by atoms with van der Waals surface area (Å²) in [6, 6.07) is 5.37. The fourth-order valence-electron chi connectivity index (χ4n) is 2.30. The number of carbonyl (C=O) groups excluding carboxylic acids is 2. The van der Waals surface area contributed by atoms with Gasteiger partial charge in [-0.1, -0.05) is 33.8 Å². The van der Waals surface area contributed by atoms with Gasteiger partial charge in [-0.2, -0.15) is 0 Å². The number of benzene rings is 1. The lowest BCUT2D eigenvalue weighted by atomic mass is 9.90. The minimum Gasteiger partial charge on any atom is -0.423 e. The lowest BCUT2D eigenvalue weighted by Gasteiger charge is -2.21. The Morgan fingerprint density at radius 3 is 2.00 bits per heavy atom. The maximum atomic E-state index is 12.0. The number of rotatable bonds is 1. The molecule has 0 radical (unpaired) electrons. The molecular formula is C17H22O4. The van der Waals surface area contributed by atoms with E-state index < -0.39 is 0 Å². The smallest absolute Gasteiger partial charge is 0.311 e. The largest absolute Gasteiger partial charge is 0.423 e. The average molecular weight is 290 g/mol. The SMILES string of the molecule is CC(C)c1ccc2c(c1)OC(=O)CC(C)C(C)CC(=O)O2. The van der Waals surface area contributed by atoms with Crippen LogP contribution < -0.4 is 9.47 Å². The van der Waals surface area contributed by atoms with Crippen LogP contribution in [0.25, 0.3) is 0 Å². The first-order valence-electron chi connectivity index (χ1n) is 7.42. The van der Waals surface area contributed by atoms with Crippen LogP contribution in [0, 0.1) is 11.8 Å². The fraction of sp³-hybridized carbons (Fsp3) is 0.529. The Morgan fingerprint density at radius 1 is 0.952 bits per heavy atom. The number of fused-ring (bicyclic) bond motifs is 1. The van der Waals surface area contributed by atoms with E-state index in [9.17, 15) is 9.59 Å². The number of hydrogen-bond donors (Lipinski definition) is 0. The van der Waals surface area contributed by atoms with Crippen molar-refractivity contribution in [3.63, 3.8) is 0 Å². The molecule has 0 saturated carbocycles. The molecule has 1 aliphatic heterocycles. The highest BCUT2D eigenvalue weighted by Crippen LogP contribution is 2.33. The third-order valence-electron chi connectivity index (χ3n) is 4.03. The zero-order valence-electron chi connectivity index (χ0n) is 13.0. The Kier molecular flexibility index (Phi) is 4.66. The van der Waals surface area contributed by atoms with E-state index in [0.717, 1.165) is 5.56 Å². The molecule has 0 saturated heterocycles. The van der Waals surface area contributed by atoms with Gasteiger partial charge in [0.25, 0.3) is 0 Å². The summed E-state index contributed by atoms with van der Waals surface area (Å²) in [4.78, 5) is 24.0. The monoisotopic (exact) mass is 290 g/mol. The van der Waals surface area contributed by atoms with Crippen LogP contribution in [0.2, 0.25) is 0 Å². The lowest BCUT2D eigenvalue weighted by molar-refractivity contribution is -0.140. The van der Waals surface area contributed by atoms with Crippen molar-refractivity contribution in [2.45, 2.75) is 46.5 Å². The van der Waals surface area contributed by atoms with Crippen molar-refractivity contribution < 1.29 is 19.1 Å². The van der Waals surface area contributed by atoms with Gasteiger partial charge in [-0.25, -0.2) is 0 Å². The van der Waals surface area contributed by atoms with E-state index in [1.54, 1.807) is 12.1 Å². The number of hydrogen-bond acceptors (Lipinski definition) is 4. The standard InChI is InChI=1S/C17H22O4/c1-10(2)13-5-6-14-15(9-13)21-17(19)8-12(4)11(3)7-16(18)20-14/h5-6,9-12H,7-8H2,1-4H3. The first-order valence-corrected chi connectivity index (χ1v) is 7.42. The highest BCUT2D eigenvalue weighted by Gasteiger charge is 2.24. The van der Waals surface area contributed by atoms with Crippen molar-refractivity contribution in [1.29, 1.82) is 0 Å². The van der Waals surface area contributed by atoms with Crippen LogP contribution in [-0.4, -0.2) is 11.9 Å². The number of esters is 2. The third kappa shape index (κ3) is 3.84. The normalized spacial score (nSPS) is 23.3. The number of ether oxygens (including phenoxy) is 2. The molecule has 0 bridgehead atoms. The van der Waals surface area contributed by atoms with Gasteiger partial charge < -0.3 is 9.47 Å². The Bertz CT molecular complexity index is 548. The molecule has 4 nitrogen and oxygen atoms in total. The molecule has 0 N–H and O–H groups in total. The van der Waals surface area contributed by atoms with Crippen molar-refractivity contribution in [3.05, 3.63) is 23.8 Å². The number of carbonyl (C=O) groups is 2. The predicted octanol–water partition coefficient (Wildman–Crippen LogP) is 3.69. The molecule has 1 heterocycles. The van der Waals surface area contributed by atoms with Crippen LogP contribution >= 0.6 is 0 Å². The first kappa shape index (κ1) is 15.5. The minimum atomic E-state index is -0.286. The highest BCUT2D eigenvalue weighted by molar-refractivity contribution is 5.77. The molecule has 0 spiro atoms. The zero-order valence-corrected chi connectivity index (χ0v) is 13.0. The van der Waals surface area contributed by atoms with Crippen LogP contribution in [0.1, 0.15) is 52.0 Å². The Balaban J connectivity index is 2.36. The van der Waals surface area contributed by atoms with Crippen LogP contribution in [-0.2, 0) is 9.59 Å². The summed E-state index contributed by atoms with van der Waals surface area (Å²) in [5.74, 6) is 0.557. The quantitative estimate of drug-likeness (QED) is 0.584. The van der Waals surface area contributed by atoms with Crippen molar-refractivity contribution in [3.8, 4) is 11.5 Å². The molecule has 21 heavy (non-hydrogen) atoms. The zero-order chi connectivity index (χ0) is 15.6. The molecule has 1 aromatic carbocycles. The van der Waals surface area contributed by atoms with Crippen molar-refractivity contribution in [2.24, 2.45) is 11.8 Å². The second-order valence-electron chi connectivity index (χ2n) is 6.17. The molecule has 114 valence electrons. The van der Waals surface area contributed by atoms with Crippen molar-refractivity contribution in [2.75, 3.05) is 0 Å². The van der Waals surface area contributed by atoms with Crippen molar-refractivity contribution >= 4 is 11.9 Å². The van der Waals surface area contributed by atoms with Gasteiger partial charge in [0.2, 0.25) is 0 Å². The topological polar surface area (TPSA) is 52.6 Å². The molecule has 2 rings (SSSR count). The van der Waals surface area contributed by atoms with E-state index in [0.29, 0.717) is 30.3 Å². The van der Waals surface area contributed by atoms with Gasteiger partial charge in [0, 0.05) is 12.8 Å². The summed E-state index contributed by atoms with van der Waals surface area (Å²) >= 11 is 0. The van der Waals surface area contributed by atoms with Gasteiger partial charge in [-0.05, 0) is 35.4 Å².